The summed E-state index contributed by atoms with van der Waals surface area (Å²) in [5.41, 5.74) is 0. The number of amides is 1. The number of aliphatic hydroxyl groups excluding tert-OH is 2. The van der Waals surface area contributed by atoms with E-state index in [4.69, 9.17) is 4.74 Å². The second kappa shape index (κ2) is 52.2. The second-order valence-electron chi connectivity index (χ2n) is 19.3. The number of allylic oxidation sites excluding steroid dienone is 1. The third kappa shape index (κ3) is 48.1. The topological polar surface area (TPSA) is 95.9 Å². The second-order valence-corrected chi connectivity index (χ2v) is 19.3. The van der Waals surface area contributed by atoms with Gasteiger partial charge in [-0.3, -0.25) is 9.59 Å². The third-order valence-electron chi connectivity index (χ3n) is 13.1. The molecule has 6 heteroatoms. The van der Waals surface area contributed by atoms with Crippen LogP contribution in [0.3, 0.4) is 0 Å². The van der Waals surface area contributed by atoms with E-state index in [0.717, 1.165) is 57.8 Å². The predicted molar refractivity (Wildman–Crippen MR) is 269 cm³/mol. The van der Waals surface area contributed by atoms with Gasteiger partial charge < -0.3 is 20.3 Å². The number of rotatable bonds is 52. The number of carbonyl (C=O) groups excluding carboxylic acids is 2. The van der Waals surface area contributed by atoms with E-state index in [2.05, 4.69) is 19.2 Å². The molecular formula is C56H109NO5. The lowest BCUT2D eigenvalue weighted by molar-refractivity contribution is -0.143. The van der Waals surface area contributed by atoms with E-state index in [1.54, 1.807) is 6.08 Å². The van der Waals surface area contributed by atoms with Gasteiger partial charge in [-0.2, -0.15) is 0 Å². The van der Waals surface area contributed by atoms with E-state index in [1.165, 1.54) is 225 Å². The highest BCUT2D eigenvalue weighted by atomic mass is 16.5. The Balaban J connectivity index is 3.41. The van der Waals surface area contributed by atoms with E-state index in [1.807, 2.05) is 6.08 Å². The van der Waals surface area contributed by atoms with Crippen LogP contribution in [0.5, 0.6) is 0 Å². The standard InChI is InChI=1S/C56H109NO5/c1-3-5-7-9-11-13-15-17-18-19-20-21-22-26-30-34-38-42-46-50-56(61)62-51-47-43-39-35-31-27-24-23-25-29-33-37-41-45-49-55(60)57-53(52-58)54(59)48-44-40-36-32-28-16-14-12-10-8-6-4-2/h44,48,53-54,58-59H,3-43,45-47,49-52H2,1-2H3,(H,57,60)/b48-44+. The van der Waals surface area contributed by atoms with Crippen molar-refractivity contribution in [3.63, 3.8) is 0 Å². The maximum Gasteiger partial charge on any atom is 0.305 e. The minimum absolute atomic E-state index is 0.00150. The van der Waals surface area contributed by atoms with Crippen molar-refractivity contribution >= 4 is 11.9 Å². The summed E-state index contributed by atoms with van der Waals surface area (Å²) in [6.07, 6.45) is 60.8. The molecule has 0 aliphatic rings. The molecule has 0 bridgehead atoms. The summed E-state index contributed by atoms with van der Waals surface area (Å²) >= 11 is 0. The van der Waals surface area contributed by atoms with Gasteiger partial charge in [0.05, 0.1) is 25.4 Å². The molecule has 2 unspecified atom stereocenters. The molecule has 0 fully saturated rings. The van der Waals surface area contributed by atoms with Crippen LogP contribution in [0.4, 0.5) is 0 Å². The normalized spacial score (nSPS) is 12.6. The van der Waals surface area contributed by atoms with Gasteiger partial charge in [0.15, 0.2) is 0 Å². The first-order valence-corrected chi connectivity index (χ1v) is 28.0. The summed E-state index contributed by atoms with van der Waals surface area (Å²) in [7, 11) is 0. The molecule has 0 saturated carbocycles. The van der Waals surface area contributed by atoms with Crippen molar-refractivity contribution in [2.45, 2.75) is 321 Å². The highest BCUT2D eigenvalue weighted by molar-refractivity contribution is 5.76. The lowest BCUT2D eigenvalue weighted by Gasteiger charge is -2.20. The van der Waals surface area contributed by atoms with Crippen LogP contribution in [0.1, 0.15) is 309 Å². The lowest BCUT2D eigenvalue weighted by atomic mass is 10.0. The Morgan fingerprint density at radius 2 is 0.742 bits per heavy atom. The van der Waals surface area contributed by atoms with Crippen LogP contribution < -0.4 is 5.32 Å². The quantitative estimate of drug-likeness (QED) is 0.0321. The number of esters is 1. The van der Waals surface area contributed by atoms with Gasteiger partial charge in [0.1, 0.15) is 0 Å². The molecule has 1 amide bonds. The fourth-order valence-electron chi connectivity index (χ4n) is 8.75. The van der Waals surface area contributed by atoms with Gasteiger partial charge in [0.25, 0.3) is 0 Å². The molecular weight excluding hydrogens is 767 g/mol. The Morgan fingerprint density at radius 3 is 1.10 bits per heavy atom. The molecule has 0 radical (unpaired) electrons. The van der Waals surface area contributed by atoms with Crippen LogP contribution in [-0.2, 0) is 14.3 Å². The molecule has 0 aromatic rings. The maximum absolute atomic E-state index is 12.4. The molecule has 0 spiro atoms. The number of hydrogen-bond acceptors (Lipinski definition) is 5. The minimum atomic E-state index is -0.849. The summed E-state index contributed by atoms with van der Waals surface area (Å²) in [5.74, 6) is -0.0763. The number of nitrogens with one attached hydrogen (secondary N) is 1. The van der Waals surface area contributed by atoms with Crippen LogP contribution in [0.2, 0.25) is 0 Å². The predicted octanol–water partition coefficient (Wildman–Crippen LogP) is 16.9. The molecule has 368 valence electrons. The Hall–Kier alpha value is -1.40. The van der Waals surface area contributed by atoms with E-state index in [9.17, 15) is 19.8 Å². The van der Waals surface area contributed by atoms with Crippen molar-refractivity contribution in [3.8, 4) is 0 Å². The first-order chi connectivity index (χ1) is 30.5. The van der Waals surface area contributed by atoms with Crippen LogP contribution in [0.15, 0.2) is 12.2 Å². The first kappa shape index (κ1) is 60.6. The summed E-state index contributed by atoms with van der Waals surface area (Å²) in [4.78, 5) is 24.5. The van der Waals surface area contributed by atoms with Crippen LogP contribution in [-0.4, -0.2) is 47.4 Å². The molecule has 0 aliphatic carbocycles. The molecule has 0 aromatic carbocycles. The maximum atomic E-state index is 12.4. The van der Waals surface area contributed by atoms with Crippen molar-refractivity contribution in [1.82, 2.24) is 5.32 Å². The van der Waals surface area contributed by atoms with E-state index in [-0.39, 0.29) is 18.5 Å². The Bertz CT molecular complexity index is 924. The van der Waals surface area contributed by atoms with Crippen LogP contribution in [0, 0.1) is 0 Å². The number of ether oxygens (including phenoxy) is 1. The van der Waals surface area contributed by atoms with Gasteiger partial charge in [-0.15, -0.1) is 0 Å². The van der Waals surface area contributed by atoms with Gasteiger partial charge in [0, 0.05) is 12.8 Å². The van der Waals surface area contributed by atoms with Gasteiger partial charge >= 0.3 is 5.97 Å². The van der Waals surface area contributed by atoms with E-state index < -0.39 is 12.1 Å². The molecule has 6 nitrogen and oxygen atoms in total. The number of carbonyl (C=O) groups is 2. The monoisotopic (exact) mass is 876 g/mol. The average Bonchev–Trinajstić information content (AvgIpc) is 3.27. The molecule has 0 saturated heterocycles. The fourth-order valence-corrected chi connectivity index (χ4v) is 8.75. The molecule has 0 rings (SSSR count). The highest BCUT2D eigenvalue weighted by Crippen LogP contribution is 2.17. The van der Waals surface area contributed by atoms with Crippen molar-refractivity contribution in [2.24, 2.45) is 0 Å². The summed E-state index contributed by atoms with van der Waals surface area (Å²) < 4.78 is 5.49. The van der Waals surface area contributed by atoms with Gasteiger partial charge in [0.2, 0.25) is 5.91 Å². The number of unbranched alkanes of at least 4 members (excludes halogenated alkanes) is 41. The summed E-state index contributed by atoms with van der Waals surface area (Å²) in [6.45, 7) is 4.89. The molecule has 0 aromatic heterocycles. The van der Waals surface area contributed by atoms with Gasteiger partial charge in [-0.25, -0.2) is 0 Å². The van der Waals surface area contributed by atoms with Gasteiger partial charge in [-0.1, -0.05) is 276 Å². The molecule has 3 N–H and O–H groups in total. The molecule has 62 heavy (non-hydrogen) atoms. The molecule has 0 aliphatic heterocycles. The average molecular weight is 876 g/mol. The van der Waals surface area contributed by atoms with Crippen LogP contribution >= 0.6 is 0 Å². The molecule has 0 heterocycles. The van der Waals surface area contributed by atoms with E-state index >= 15 is 0 Å². The van der Waals surface area contributed by atoms with Gasteiger partial charge in [-0.05, 0) is 32.1 Å². The number of aliphatic hydroxyl groups is 2. The largest absolute Gasteiger partial charge is 0.466 e. The lowest BCUT2D eigenvalue weighted by Crippen LogP contribution is -2.45. The zero-order valence-electron chi connectivity index (χ0n) is 41.9. The summed E-state index contributed by atoms with van der Waals surface area (Å²) in [5, 5.41) is 23.0. The zero-order chi connectivity index (χ0) is 45.1. The Morgan fingerprint density at radius 1 is 0.435 bits per heavy atom. The Kier molecular flexibility index (Phi) is 51.0. The zero-order valence-corrected chi connectivity index (χ0v) is 41.9. The van der Waals surface area contributed by atoms with Crippen molar-refractivity contribution in [3.05, 3.63) is 12.2 Å². The van der Waals surface area contributed by atoms with Crippen molar-refractivity contribution in [2.75, 3.05) is 13.2 Å². The fraction of sp³-hybridized carbons (Fsp3) is 0.929. The van der Waals surface area contributed by atoms with Crippen molar-refractivity contribution in [1.29, 1.82) is 0 Å². The SMILES string of the molecule is CCCCCCCCCCCC/C=C/C(O)C(CO)NC(=O)CCCCCCCCCCCCCCCCOC(=O)CCCCCCCCCCCCCCCCCCCCC. The first-order valence-electron chi connectivity index (χ1n) is 28.0. The third-order valence-corrected chi connectivity index (χ3v) is 13.1. The smallest absolute Gasteiger partial charge is 0.305 e. The molecule has 2 atom stereocenters. The number of hydrogen-bond donors (Lipinski definition) is 3. The minimum Gasteiger partial charge on any atom is -0.466 e. The Labute approximate surface area is 387 Å². The summed E-state index contributed by atoms with van der Waals surface area (Å²) in [6, 6.07) is -0.633. The van der Waals surface area contributed by atoms with Crippen LogP contribution in [0.25, 0.3) is 0 Å². The highest BCUT2D eigenvalue weighted by Gasteiger charge is 2.18. The van der Waals surface area contributed by atoms with E-state index in [0.29, 0.717) is 19.4 Å². The van der Waals surface area contributed by atoms with Crippen molar-refractivity contribution < 1.29 is 24.5 Å².